The van der Waals surface area contributed by atoms with E-state index in [1.807, 2.05) is 7.11 Å². The van der Waals surface area contributed by atoms with Crippen LogP contribution in [0.1, 0.15) is 59.3 Å². The molecule has 0 spiro atoms. The van der Waals surface area contributed by atoms with E-state index in [2.05, 4.69) is 31.0 Å². The molecule has 0 aromatic heterocycles. The fourth-order valence-electron chi connectivity index (χ4n) is 3.69. The van der Waals surface area contributed by atoms with E-state index in [1.165, 1.54) is 45.1 Å². The number of methoxy groups -OCH3 is 1. The quantitative estimate of drug-likeness (QED) is 0.630. The number of hydrogen-bond acceptors (Lipinski definition) is 3. The van der Waals surface area contributed by atoms with Crippen molar-refractivity contribution in [1.82, 2.24) is 10.2 Å². The molecule has 0 aromatic carbocycles. The Morgan fingerprint density at radius 2 is 1.80 bits per heavy atom. The minimum Gasteiger partial charge on any atom is -0.383 e. The third kappa shape index (κ3) is 5.71. The van der Waals surface area contributed by atoms with Crippen molar-refractivity contribution >= 4 is 0 Å². The SMILES string of the molecule is CCNC(CN(CCOC)C(CC)CC)C1CCCC1. The summed E-state index contributed by atoms with van der Waals surface area (Å²) in [5, 5.41) is 3.75. The number of hydrogen-bond donors (Lipinski definition) is 1. The molecule has 0 bridgehead atoms. The first-order valence-corrected chi connectivity index (χ1v) is 8.73. The van der Waals surface area contributed by atoms with Gasteiger partial charge in [-0.25, -0.2) is 0 Å². The van der Waals surface area contributed by atoms with Gasteiger partial charge in [0.05, 0.1) is 6.61 Å². The van der Waals surface area contributed by atoms with Gasteiger partial charge >= 0.3 is 0 Å². The molecule has 0 radical (unpaired) electrons. The van der Waals surface area contributed by atoms with Crippen LogP contribution in [-0.2, 0) is 4.74 Å². The average molecular weight is 284 g/mol. The number of rotatable bonds is 11. The third-order valence-corrected chi connectivity index (χ3v) is 4.91. The van der Waals surface area contributed by atoms with Crippen LogP contribution < -0.4 is 5.32 Å². The number of ether oxygens (including phenoxy) is 1. The monoisotopic (exact) mass is 284 g/mol. The van der Waals surface area contributed by atoms with Gasteiger partial charge in [0.15, 0.2) is 0 Å². The second kappa shape index (κ2) is 10.6. The van der Waals surface area contributed by atoms with Crippen LogP contribution in [0.5, 0.6) is 0 Å². The molecule has 3 nitrogen and oxygen atoms in total. The maximum Gasteiger partial charge on any atom is 0.0589 e. The van der Waals surface area contributed by atoms with Crippen molar-refractivity contribution in [3.8, 4) is 0 Å². The van der Waals surface area contributed by atoms with Gasteiger partial charge in [0, 0.05) is 32.3 Å². The summed E-state index contributed by atoms with van der Waals surface area (Å²) in [6.07, 6.45) is 8.16. The van der Waals surface area contributed by atoms with Crippen molar-refractivity contribution in [2.75, 3.05) is 33.4 Å². The summed E-state index contributed by atoms with van der Waals surface area (Å²) in [5.41, 5.74) is 0. The van der Waals surface area contributed by atoms with Gasteiger partial charge in [-0.3, -0.25) is 4.90 Å². The Morgan fingerprint density at radius 1 is 1.15 bits per heavy atom. The fourth-order valence-corrected chi connectivity index (χ4v) is 3.69. The Kier molecular flexibility index (Phi) is 9.49. The van der Waals surface area contributed by atoms with Crippen LogP contribution >= 0.6 is 0 Å². The zero-order valence-corrected chi connectivity index (χ0v) is 14.2. The zero-order chi connectivity index (χ0) is 14.8. The predicted octanol–water partition coefficient (Wildman–Crippen LogP) is 3.29. The fraction of sp³-hybridized carbons (Fsp3) is 1.00. The first-order chi connectivity index (χ1) is 9.76. The molecule has 20 heavy (non-hydrogen) atoms. The van der Waals surface area contributed by atoms with Crippen LogP contribution in [0, 0.1) is 5.92 Å². The number of nitrogens with zero attached hydrogens (tertiary/aromatic N) is 1. The van der Waals surface area contributed by atoms with E-state index in [4.69, 9.17) is 4.74 Å². The van der Waals surface area contributed by atoms with Crippen molar-refractivity contribution in [3.63, 3.8) is 0 Å². The molecular formula is C17H36N2O. The van der Waals surface area contributed by atoms with E-state index in [1.54, 1.807) is 0 Å². The van der Waals surface area contributed by atoms with Crippen molar-refractivity contribution < 1.29 is 4.74 Å². The standard InChI is InChI=1S/C17H36N2O/c1-5-16(6-2)19(12-13-20-4)14-17(18-7-3)15-10-8-9-11-15/h15-18H,5-14H2,1-4H3. The second-order valence-corrected chi connectivity index (χ2v) is 6.17. The van der Waals surface area contributed by atoms with Crippen LogP contribution in [0.3, 0.4) is 0 Å². The van der Waals surface area contributed by atoms with E-state index in [0.29, 0.717) is 12.1 Å². The molecule has 1 rings (SSSR count). The Labute approximate surface area is 126 Å². The van der Waals surface area contributed by atoms with Crippen LogP contribution in [-0.4, -0.2) is 50.3 Å². The van der Waals surface area contributed by atoms with E-state index < -0.39 is 0 Å². The van der Waals surface area contributed by atoms with E-state index in [9.17, 15) is 0 Å². The van der Waals surface area contributed by atoms with Gasteiger partial charge in [-0.15, -0.1) is 0 Å². The molecule has 0 saturated heterocycles. The molecule has 1 N–H and O–H groups in total. The summed E-state index contributed by atoms with van der Waals surface area (Å²) in [7, 11) is 1.81. The summed E-state index contributed by atoms with van der Waals surface area (Å²) in [5.74, 6) is 0.884. The summed E-state index contributed by atoms with van der Waals surface area (Å²) < 4.78 is 5.32. The molecule has 1 aliphatic carbocycles. The first-order valence-electron chi connectivity index (χ1n) is 8.73. The van der Waals surface area contributed by atoms with Crippen LogP contribution in [0.15, 0.2) is 0 Å². The Bertz CT molecular complexity index is 225. The largest absolute Gasteiger partial charge is 0.383 e. The smallest absolute Gasteiger partial charge is 0.0589 e. The highest BCUT2D eigenvalue weighted by atomic mass is 16.5. The average Bonchev–Trinajstić information content (AvgIpc) is 2.99. The Morgan fingerprint density at radius 3 is 2.30 bits per heavy atom. The number of nitrogens with one attached hydrogen (secondary N) is 1. The molecule has 1 atom stereocenters. The van der Waals surface area contributed by atoms with E-state index >= 15 is 0 Å². The summed E-state index contributed by atoms with van der Waals surface area (Å²) in [6.45, 7) is 11.0. The van der Waals surface area contributed by atoms with Gasteiger partial charge in [0.2, 0.25) is 0 Å². The van der Waals surface area contributed by atoms with Crippen LogP contribution in [0.25, 0.3) is 0 Å². The summed E-state index contributed by atoms with van der Waals surface area (Å²) >= 11 is 0. The summed E-state index contributed by atoms with van der Waals surface area (Å²) in [6, 6.07) is 1.37. The van der Waals surface area contributed by atoms with Crippen LogP contribution in [0.2, 0.25) is 0 Å². The molecule has 0 amide bonds. The van der Waals surface area contributed by atoms with Gasteiger partial charge in [0.25, 0.3) is 0 Å². The van der Waals surface area contributed by atoms with Gasteiger partial charge in [0.1, 0.15) is 0 Å². The highest BCUT2D eigenvalue weighted by molar-refractivity contribution is 4.84. The maximum atomic E-state index is 5.32. The lowest BCUT2D eigenvalue weighted by atomic mass is 9.96. The molecule has 0 aromatic rings. The minimum atomic E-state index is 0.667. The molecule has 0 heterocycles. The summed E-state index contributed by atoms with van der Waals surface area (Å²) in [4.78, 5) is 2.66. The lowest BCUT2D eigenvalue weighted by molar-refractivity contribution is 0.0985. The van der Waals surface area contributed by atoms with Gasteiger partial charge in [-0.2, -0.15) is 0 Å². The van der Waals surface area contributed by atoms with Crippen molar-refractivity contribution in [1.29, 1.82) is 0 Å². The normalized spacial score (nSPS) is 18.3. The molecule has 120 valence electrons. The van der Waals surface area contributed by atoms with Gasteiger partial charge < -0.3 is 10.1 Å². The molecule has 1 aliphatic rings. The van der Waals surface area contributed by atoms with Crippen molar-refractivity contribution in [3.05, 3.63) is 0 Å². The molecule has 1 fully saturated rings. The van der Waals surface area contributed by atoms with Gasteiger partial charge in [-0.05, 0) is 38.1 Å². The highest BCUT2D eigenvalue weighted by Gasteiger charge is 2.27. The lowest BCUT2D eigenvalue weighted by Gasteiger charge is -2.36. The topological polar surface area (TPSA) is 24.5 Å². The first kappa shape index (κ1) is 17.9. The third-order valence-electron chi connectivity index (χ3n) is 4.91. The van der Waals surface area contributed by atoms with Gasteiger partial charge in [-0.1, -0.05) is 33.6 Å². The van der Waals surface area contributed by atoms with Crippen molar-refractivity contribution in [2.24, 2.45) is 5.92 Å². The molecule has 1 unspecified atom stereocenters. The number of likely N-dealkylation sites (N-methyl/N-ethyl adjacent to an activating group) is 1. The van der Waals surface area contributed by atoms with E-state index in [0.717, 1.165) is 25.6 Å². The predicted molar refractivity (Wildman–Crippen MR) is 87.2 cm³/mol. The lowest BCUT2D eigenvalue weighted by Crippen LogP contribution is -2.49. The Balaban J connectivity index is 2.61. The zero-order valence-electron chi connectivity index (χ0n) is 14.2. The highest BCUT2D eigenvalue weighted by Crippen LogP contribution is 2.28. The van der Waals surface area contributed by atoms with Crippen molar-refractivity contribution in [2.45, 2.75) is 71.4 Å². The van der Waals surface area contributed by atoms with E-state index in [-0.39, 0.29) is 0 Å². The second-order valence-electron chi connectivity index (χ2n) is 6.17. The molecule has 1 saturated carbocycles. The Hall–Kier alpha value is -0.120. The minimum absolute atomic E-state index is 0.667. The molecular weight excluding hydrogens is 248 g/mol. The molecule has 3 heteroatoms. The maximum absolute atomic E-state index is 5.32. The molecule has 0 aliphatic heterocycles. The van der Waals surface area contributed by atoms with Crippen LogP contribution in [0.4, 0.5) is 0 Å².